The summed E-state index contributed by atoms with van der Waals surface area (Å²) in [6.45, 7) is 7.29. The first kappa shape index (κ1) is 14.5. The Morgan fingerprint density at radius 3 is 2.55 bits per heavy atom. The molecule has 3 heterocycles. The Balaban J connectivity index is 1.50. The maximum Gasteiger partial charge on any atom is 0.151 e. The molecule has 0 spiro atoms. The molecule has 1 atom stereocenters. The highest BCUT2D eigenvalue weighted by Gasteiger charge is 2.33. The van der Waals surface area contributed by atoms with Crippen molar-refractivity contribution >= 4 is 21.2 Å². The van der Waals surface area contributed by atoms with E-state index in [1.807, 2.05) is 11.3 Å². The quantitative estimate of drug-likeness (QED) is 0.845. The number of sulfone groups is 1. The van der Waals surface area contributed by atoms with E-state index in [-0.39, 0.29) is 6.04 Å². The number of hydrogen-bond donors (Lipinski definition) is 0. The van der Waals surface area contributed by atoms with Crippen molar-refractivity contribution in [3.8, 4) is 0 Å². The molecule has 2 aliphatic rings. The largest absolute Gasteiger partial charge is 0.297 e. The first-order valence-electron chi connectivity index (χ1n) is 7.24. The van der Waals surface area contributed by atoms with Crippen molar-refractivity contribution in [2.45, 2.75) is 25.9 Å². The van der Waals surface area contributed by atoms with Crippen LogP contribution in [-0.2, 0) is 16.4 Å². The van der Waals surface area contributed by atoms with Crippen molar-refractivity contribution in [2.75, 3.05) is 37.7 Å². The van der Waals surface area contributed by atoms with Gasteiger partial charge in [0.05, 0.1) is 11.5 Å². The van der Waals surface area contributed by atoms with Crippen LogP contribution in [0.15, 0.2) is 12.1 Å². The molecule has 0 amide bonds. The summed E-state index contributed by atoms with van der Waals surface area (Å²) in [4.78, 5) is 7.65. The fourth-order valence-electron chi connectivity index (χ4n) is 3.14. The summed E-state index contributed by atoms with van der Waals surface area (Å²) >= 11 is 1.87. The second kappa shape index (κ2) is 5.75. The molecule has 0 unspecified atom stereocenters. The summed E-state index contributed by atoms with van der Waals surface area (Å²) in [5.74, 6) is 0.753. The minimum absolute atomic E-state index is 0.270. The van der Waals surface area contributed by atoms with Crippen LogP contribution in [-0.4, -0.2) is 61.9 Å². The van der Waals surface area contributed by atoms with Crippen LogP contribution in [0.4, 0.5) is 0 Å². The zero-order chi connectivity index (χ0) is 14.2. The molecule has 2 saturated heterocycles. The maximum atomic E-state index is 11.6. The third-order valence-corrected chi connectivity index (χ3v) is 7.04. The molecule has 2 fully saturated rings. The number of aryl methyl sites for hydroxylation is 1. The maximum absolute atomic E-state index is 11.6. The van der Waals surface area contributed by atoms with E-state index >= 15 is 0 Å². The lowest BCUT2D eigenvalue weighted by molar-refractivity contribution is 0.101. The van der Waals surface area contributed by atoms with E-state index in [0.717, 1.165) is 39.1 Å². The minimum atomic E-state index is -2.76. The van der Waals surface area contributed by atoms with Crippen molar-refractivity contribution in [2.24, 2.45) is 0 Å². The molecule has 112 valence electrons. The molecule has 20 heavy (non-hydrogen) atoms. The number of rotatable bonds is 3. The van der Waals surface area contributed by atoms with Gasteiger partial charge in [0.2, 0.25) is 0 Å². The van der Waals surface area contributed by atoms with Crippen LogP contribution in [0.5, 0.6) is 0 Å². The SMILES string of the molecule is Cc1ccc(CN2CCN([C@@H]3CCS(=O)(=O)C3)CC2)s1. The van der Waals surface area contributed by atoms with Gasteiger partial charge in [-0.05, 0) is 25.5 Å². The molecule has 2 aliphatic heterocycles. The van der Waals surface area contributed by atoms with Gasteiger partial charge in [0, 0.05) is 48.5 Å². The lowest BCUT2D eigenvalue weighted by Crippen LogP contribution is -2.50. The van der Waals surface area contributed by atoms with E-state index < -0.39 is 9.84 Å². The van der Waals surface area contributed by atoms with Crippen molar-refractivity contribution in [3.05, 3.63) is 21.9 Å². The molecule has 0 bridgehead atoms. The van der Waals surface area contributed by atoms with Crippen molar-refractivity contribution in [1.29, 1.82) is 0 Å². The summed E-state index contributed by atoms with van der Waals surface area (Å²) in [5, 5.41) is 0. The molecule has 0 radical (unpaired) electrons. The molecule has 0 aliphatic carbocycles. The Morgan fingerprint density at radius 1 is 1.25 bits per heavy atom. The topological polar surface area (TPSA) is 40.6 Å². The van der Waals surface area contributed by atoms with E-state index in [1.54, 1.807) is 0 Å². The lowest BCUT2D eigenvalue weighted by atomic mass is 10.2. The van der Waals surface area contributed by atoms with Crippen LogP contribution < -0.4 is 0 Å². The Bertz CT molecular complexity index is 559. The van der Waals surface area contributed by atoms with Crippen LogP contribution in [0.2, 0.25) is 0 Å². The molecule has 6 heteroatoms. The smallest absolute Gasteiger partial charge is 0.151 e. The molecule has 0 saturated carbocycles. The molecule has 0 aromatic carbocycles. The summed E-state index contributed by atoms with van der Waals surface area (Å²) < 4.78 is 23.1. The monoisotopic (exact) mass is 314 g/mol. The van der Waals surface area contributed by atoms with E-state index in [9.17, 15) is 8.42 Å². The second-order valence-electron chi connectivity index (χ2n) is 5.88. The Morgan fingerprint density at radius 2 is 2.00 bits per heavy atom. The van der Waals surface area contributed by atoms with Gasteiger partial charge in [-0.3, -0.25) is 9.80 Å². The first-order chi connectivity index (χ1) is 9.52. The number of hydrogen-bond acceptors (Lipinski definition) is 5. The molecule has 0 N–H and O–H groups in total. The van der Waals surface area contributed by atoms with Crippen molar-refractivity contribution < 1.29 is 8.42 Å². The Hall–Kier alpha value is -0.430. The molecule has 4 nitrogen and oxygen atoms in total. The summed E-state index contributed by atoms with van der Waals surface area (Å²) in [6, 6.07) is 4.67. The summed E-state index contributed by atoms with van der Waals surface area (Å²) in [5.41, 5.74) is 0. The summed E-state index contributed by atoms with van der Waals surface area (Å²) in [7, 11) is -2.76. The molecule has 1 aromatic heterocycles. The molecular weight excluding hydrogens is 292 g/mol. The normalized spacial score (nSPS) is 27.9. The number of thiophene rings is 1. The van der Waals surface area contributed by atoms with E-state index in [2.05, 4.69) is 28.9 Å². The van der Waals surface area contributed by atoms with Crippen molar-refractivity contribution in [3.63, 3.8) is 0 Å². The van der Waals surface area contributed by atoms with Gasteiger partial charge >= 0.3 is 0 Å². The van der Waals surface area contributed by atoms with Gasteiger partial charge in [-0.15, -0.1) is 11.3 Å². The van der Waals surface area contributed by atoms with Crippen LogP contribution in [0.3, 0.4) is 0 Å². The Kier molecular flexibility index (Phi) is 4.17. The number of nitrogens with zero attached hydrogens (tertiary/aromatic N) is 2. The van der Waals surface area contributed by atoms with Crippen LogP contribution in [0, 0.1) is 6.92 Å². The molecule has 3 rings (SSSR count). The predicted octanol–water partition coefficient (Wildman–Crippen LogP) is 1.36. The van der Waals surface area contributed by atoms with Crippen LogP contribution in [0.25, 0.3) is 0 Å². The average molecular weight is 314 g/mol. The predicted molar refractivity (Wildman–Crippen MR) is 83.0 cm³/mol. The first-order valence-corrected chi connectivity index (χ1v) is 9.88. The third kappa shape index (κ3) is 3.42. The van der Waals surface area contributed by atoms with E-state index in [4.69, 9.17) is 0 Å². The van der Waals surface area contributed by atoms with Crippen LogP contribution >= 0.6 is 11.3 Å². The Labute approximate surface area is 125 Å². The number of piperazine rings is 1. The van der Waals surface area contributed by atoms with Gasteiger partial charge in [-0.25, -0.2) is 8.42 Å². The van der Waals surface area contributed by atoms with Gasteiger partial charge in [-0.1, -0.05) is 0 Å². The summed E-state index contributed by atoms with van der Waals surface area (Å²) in [6.07, 6.45) is 0.826. The van der Waals surface area contributed by atoms with E-state index in [1.165, 1.54) is 9.75 Å². The van der Waals surface area contributed by atoms with Crippen molar-refractivity contribution in [1.82, 2.24) is 9.80 Å². The highest BCUT2D eigenvalue weighted by molar-refractivity contribution is 7.91. The van der Waals surface area contributed by atoms with Gasteiger partial charge in [0.1, 0.15) is 0 Å². The van der Waals surface area contributed by atoms with E-state index in [0.29, 0.717) is 11.5 Å². The fraction of sp³-hybridized carbons (Fsp3) is 0.714. The highest BCUT2D eigenvalue weighted by Crippen LogP contribution is 2.21. The standard InChI is InChI=1S/C14H22N2O2S2/c1-12-2-3-14(19-12)10-15-5-7-16(8-6-15)13-4-9-20(17,18)11-13/h2-3,13H,4-11H2,1H3/t13-/m1/s1. The van der Waals surface area contributed by atoms with Gasteiger partial charge in [0.15, 0.2) is 9.84 Å². The zero-order valence-corrected chi connectivity index (χ0v) is 13.5. The average Bonchev–Trinajstić information content (AvgIpc) is 2.96. The van der Waals surface area contributed by atoms with Crippen LogP contribution in [0.1, 0.15) is 16.2 Å². The van der Waals surface area contributed by atoms with Gasteiger partial charge in [-0.2, -0.15) is 0 Å². The molecule has 1 aromatic rings. The molecular formula is C14H22N2O2S2. The zero-order valence-electron chi connectivity index (χ0n) is 11.9. The van der Waals surface area contributed by atoms with Gasteiger partial charge in [0.25, 0.3) is 0 Å². The third-order valence-electron chi connectivity index (χ3n) is 4.31. The van der Waals surface area contributed by atoms with Gasteiger partial charge < -0.3 is 0 Å². The fourth-order valence-corrected chi connectivity index (χ4v) is 5.83. The highest BCUT2D eigenvalue weighted by atomic mass is 32.2. The lowest BCUT2D eigenvalue weighted by Gasteiger charge is -2.37. The second-order valence-corrected chi connectivity index (χ2v) is 9.48. The minimum Gasteiger partial charge on any atom is -0.297 e.